The van der Waals surface area contributed by atoms with Crippen molar-refractivity contribution in [2.75, 3.05) is 27.9 Å². The van der Waals surface area contributed by atoms with E-state index in [0.29, 0.717) is 29.4 Å². The van der Waals surface area contributed by atoms with Crippen molar-refractivity contribution in [1.29, 1.82) is 0 Å². The molecule has 2 heterocycles. The fourth-order valence-electron chi connectivity index (χ4n) is 3.79. The number of hydrogen-bond donors (Lipinski definition) is 1. The number of methoxy groups -OCH3 is 3. The number of aromatic nitrogens is 1. The number of amides is 1. The number of pyridine rings is 1. The van der Waals surface area contributed by atoms with E-state index in [-0.39, 0.29) is 12.0 Å². The Balaban J connectivity index is 1.48. The second-order valence-electron chi connectivity index (χ2n) is 7.07. The third kappa shape index (κ3) is 3.99. The van der Waals surface area contributed by atoms with Crippen LogP contribution in [0.25, 0.3) is 11.1 Å². The summed E-state index contributed by atoms with van der Waals surface area (Å²) < 4.78 is 22.3. The van der Waals surface area contributed by atoms with Crippen LogP contribution in [0.15, 0.2) is 54.9 Å². The van der Waals surface area contributed by atoms with Crippen molar-refractivity contribution in [2.45, 2.75) is 12.5 Å². The number of nitrogens with one attached hydrogen (secondary N) is 1. The summed E-state index contributed by atoms with van der Waals surface area (Å²) in [5.41, 5.74) is 3.56. The summed E-state index contributed by atoms with van der Waals surface area (Å²) in [5, 5.41) is 2.95. The Morgan fingerprint density at radius 1 is 1.03 bits per heavy atom. The quantitative estimate of drug-likeness (QED) is 0.630. The van der Waals surface area contributed by atoms with Crippen LogP contribution in [0.4, 0.5) is 0 Å². The molecule has 1 amide bonds. The van der Waals surface area contributed by atoms with E-state index in [1.54, 1.807) is 24.5 Å². The van der Waals surface area contributed by atoms with E-state index in [9.17, 15) is 4.79 Å². The molecule has 0 unspecified atom stereocenters. The number of benzene rings is 2. The van der Waals surface area contributed by atoms with Gasteiger partial charge in [-0.2, -0.15) is 0 Å². The minimum absolute atomic E-state index is 0.159. The fraction of sp³-hybridized carbons (Fsp3) is 0.250. The molecule has 1 aliphatic heterocycles. The molecular formula is C24H24N2O5. The van der Waals surface area contributed by atoms with Gasteiger partial charge >= 0.3 is 0 Å². The Hall–Kier alpha value is -3.74. The Bertz CT molecular complexity index is 1080. The molecule has 3 aromatic rings. The number of para-hydroxylation sites is 1. The summed E-state index contributed by atoms with van der Waals surface area (Å²) in [6.45, 7) is 0.362. The lowest BCUT2D eigenvalue weighted by Crippen LogP contribution is -2.34. The van der Waals surface area contributed by atoms with E-state index in [1.807, 2.05) is 24.3 Å². The SMILES string of the molecule is COc1ccc(C(=O)NC[C@@H]2Cc3cccc(-c4ccncc4)c3O2)c(OC)c1OC. The summed E-state index contributed by atoms with van der Waals surface area (Å²) in [4.78, 5) is 16.9. The first-order valence-electron chi connectivity index (χ1n) is 9.92. The molecular weight excluding hydrogens is 396 g/mol. The maximum absolute atomic E-state index is 12.9. The third-order valence-corrected chi connectivity index (χ3v) is 5.26. The largest absolute Gasteiger partial charge is 0.493 e. The number of fused-ring (bicyclic) bond motifs is 1. The van der Waals surface area contributed by atoms with Crippen molar-refractivity contribution in [2.24, 2.45) is 0 Å². The zero-order chi connectivity index (χ0) is 21.8. The molecule has 0 saturated heterocycles. The molecule has 1 atom stereocenters. The molecule has 1 aliphatic rings. The van der Waals surface area contributed by atoms with Gasteiger partial charge in [0, 0.05) is 24.4 Å². The highest BCUT2D eigenvalue weighted by molar-refractivity contribution is 5.98. The van der Waals surface area contributed by atoms with Gasteiger partial charge in [-0.15, -0.1) is 0 Å². The second-order valence-corrected chi connectivity index (χ2v) is 7.07. The molecule has 0 radical (unpaired) electrons. The number of carbonyl (C=O) groups is 1. The van der Waals surface area contributed by atoms with E-state index in [1.165, 1.54) is 21.3 Å². The number of ether oxygens (including phenoxy) is 4. The number of rotatable bonds is 7. The molecule has 0 bridgehead atoms. The van der Waals surface area contributed by atoms with Gasteiger partial charge in [-0.25, -0.2) is 0 Å². The topological polar surface area (TPSA) is 78.9 Å². The fourth-order valence-corrected chi connectivity index (χ4v) is 3.79. The van der Waals surface area contributed by atoms with E-state index in [4.69, 9.17) is 18.9 Å². The lowest BCUT2D eigenvalue weighted by molar-refractivity contribution is 0.0930. The van der Waals surface area contributed by atoms with Gasteiger partial charge in [-0.3, -0.25) is 9.78 Å². The highest BCUT2D eigenvalue weighted by Gasteiger charge is 2.27. The summed E-state index contributed by atoms with van der Waals surface area (Å²) in [6.07, 6.45) is 4.08. The molecule has 1 N–H and O–H groups in total. The van der Waals surface area contributed by atoms with Crippen LogP contribution in [0.5, 0.6) is 23.0 Å². The molecule has 2 aromatic carbocycles. The first-order valence-corrected chi connectivity index (χ1v) is 9.92. The maximum Gasteiger partial charge on any atom is 0.255 e. The summed E-state index contributed by atoms with van der Waals surface area (Å²) in [7, 11) is 4.53. The third-order valence-electron chi connectivity index (χ3n) is 5.26. The van der Waals surface area contributed by atoms with Crippen LogP contribution >= 0.6 is 0 Å². The van der Waals surface area contributed by atoms with Crippen molar-refractivity contribution in [3.8, 4) is 34.1 Å². The monoisotopic (exact) mass is 420 g/mol. The molecule has 1 aromatic heterocycles. The molecule has 7 nitrogen and oxygen atoms in total. The highest BCUT2D eigenvalue weighted by atomic mass is 16.5. The first-order chi connectivity index (χ1) is 15.2. The molecule has 0 aliphatic carbocycles. The van der Waals surface area contributed by atoms with Crippen molar-refractivity contribution in [3.05, 3.63) is 66.0 Å². The lowest BCUT2D eigenvalue weighted by atomic mass is 10.0. The molecule has 4 rings (SSSR count). The van der Waals surface area contributed by atoms with Crippen LogP contribution < -0.4 is 24.3 Å². The molecule has 7 heteroatoms. The number of carbonyl (C=O) groups excluding carboxylic acids is 1. The van der Waals surface area contributed by atoms with E-state index in [0.717, 1.165) is 28.9 Å². The summed E-state index contributed by atoms with van der Waals surface area (Å²) in [5.74, 6) is 1.79. The van der Waals surface area contributed by atoms with Crippen LogP contribution in [0.1, 0.15) is 15.9 Å². The summed E-state index contributed by atoms with van der Waals surface area (Å²) in [6, 6.07) is 13.4. The van der Waals surface area contributed by atoms with Gasteiger partial charge in [-0.05, 0) is 35.4 Å². The van der Waals surface area contributed by atoms with Crippen molar-refractivity contribution < 1.29 is 23.7 Å². The standard InChI is InChI=1S/C24H24N2O5/c1-28-20-8-7-19(22(29-2)23(20)30-3)24(27)26-14-17-13-16-5-4-6-18(21(16)31-17)15-9-11-25-12-10-15/h4-12,17H,13-14H2,1-3H3,(H,26,27)/t17-/m0/s1. The molecule has 0 fully saturated rings. The van der Waals surface area contributed by atoms with Gasteiger partial charge < -0.3 is 24.3 Å². The Labute approximate surface area is 180 Å². The van der Waals surface area contributed by atoms with Crippen molar-refractivity contribution >= 4 is 5.91 Å². The van der Waals surface area contributed by atoms with Crippen LogP contribution in [-0.2, 0) is 6.42 Å². The number of hydrogen-bond acceptors (Lipinski definition) is 6. The minimum Gasteiger partial charge on any atom is -0.493 e. The minimum atomic E-state index is -0.272. The number of nitrogens with zero attached hydrogens (tertiary/aromatic N) is 1. The summed E-state index contributed by atoms with van der Waals surface area (Å²) >= 11 is 0. The predicted octanol–water partition coefficient (Wildman–Crippen LogP) is 3.51. The lowest BCUT2D eigenvalue weighted by Gasteiger charge is -2.17. The predicted molar refractivity (Wildman–Crippen MR) is 116 cm³/mol. The van der Waals surface area contributed by atoms with E-state index < -0.39 is 0 Å². The van der Waals surface area contributed by atoms with Gasteiger partial charge in [0.15, 0.2) is 11.5 Å². The highest BCUT2D eigenvalue weighted by Crippen LogP contribution is 2.40. The van der Waals surface area contributed by atoms with Crippen LogP contribution in [-0.4, -0.2) is 44.9 Å². The molecule has 31 heavy (non-hydrogen) atoms. The Kier molecular flexibility index (Phi) is 5.93. The van der Waals surface area contributed by atoms with Crippen molar-refractivity contribution in [1.82, 2.24) is 10.3 Å². The van der Waals surface area contributed by atoms with Gasteiger partial charge in [0.2, 0.25) is 5.75 Å². The van der Waals surface area contributed by atoms with Crippen LogP contribution in [0, 0.1) is 0 Å². The Morgan fingerprint density at radius 3 is 2.52 bits per heavy atom. The average Bonchev–Trinajstić information content (AvgIpc) is 3.25. The Morgan fingerprint density at radius 2 is 1.81 bits per heavy atom. The van der Waals surface area contributed by atoms with Crippen LogP contribution in [0.2, 0.25) is 0 Å². The van der Waals surface area contributed by atoms with Crippen molar-refractivity contribution in [3.63, 3.8) is 0 Å². The van der Waals surface area contributed by atoms with Gasteiger partial charge in [-0.1, -0.05) is 18.2 Å². The van der Waals surface area contributed by atoms with Crippen LogP contribution in [0.3, 0.4) is 0 Å². The smallest absolute Gasteiger partial charge is 0.255 e. The molecule has 0 spiro atoms. The normalized spacial score (nSPS) is 14.4. The van der Waals surface area contributed by atoms with E-state index >= 15 is 0 Å². The first kappa shape index (κ1) is 20.5. The average molecular weight is 420 g/mol. The molecule has 160 valence electrons. The zero-order valence-corrected chi connectivity index (χ0v) is 17.7. The van der Waals surface area contributed by atoms with Gasteiger partial charge in [0.25, 0.3) is 5.91 Å². The second kappa shape index (κ2) is 8.95. The van der Waals surface area contributed by atoms with Gasteiger partial charge in [0.05, 0.1) is 33.4 Å². The molecule has 0 saturated carbocycles. The zero-order valence-electron chi connectivity index (χ0n) is 17.7. The maximum atomic E-state index is 12.9. The van der Waals surface area contributed by atoms with Gasteiger partial charge in [0.1, 0.15) is 11.9 Å². The van der Waals surface area contributed by atoms with E-state index in [2.05, 4.69) is 16.4 Å².